The second kappa shape index (κ2) is 9.31. The zero-order valence-electron chi connectivity index (χ0n) is 16.3. The molecule has 1 unspecified atom stereocenters. The average molecular weight is 400 g/mol. The number of amides is 2. The molecule has 1 aliphatic heterocycles. The molecule has 0 fully saturated rings. The molecule has 8 nitrogen and oxygen atoms in total. The van der Waals surface area contributed by atoms with E-state index < -0.39 is 17.5 Å². The van der Waals surface area contributed by atoms with E-state index in [0.29, 0.717) is 19.6 Å². The van der Waals surface area contributed by atoms with Crippen molar-refractivity contribution in [1.82, 2.24) is 0 Å². The first-order valence-electron chi connectivity index (χ1n) is 8.92. The number of hydrogen-bond acceptors (Lipinski definition) is 5. The zero-order valence-corrected chi connectivity index (χ0v) is 16.3. The number of hydrogen-bond donors (Lipinski definition) is 3. The van der Waals surface area contributed by atoms with Crippen LogP contribution in [0.3, 0.4) is 0 Å². The Morgan fingerprint density at radius 1 is 1.14 bits per heavy atom. The fraction of sp³-hybridized carbons (Fsp3) is 0.286. The van der Waals surface area contributed by atoms with E-state index in [0.717, 1.165) is 29.3 Å². The van der Waals surface area contributed by atoms with Crippen molar-refractivity contribution in [2.24, 2.45) is 5.73 Å². The van der Waals surface area contributed by atoms with Crippen molar-refractivity contribution in [1.29, 1.82) is 0 Å². The van der Waals surface area contributed by atoms with Gasteiger partial charge in [0, 0.05) is 19.2 Å². The highest BCUT2D eigenvalue weighted by Gasteiger charge is 2.36. The lowest BCUT2D eigenvalue weighted by atomic mass is 9.98. The van der Waals surface area contributed by atoms with Crippen molar-refractivity contribution in [2.45, 2.75) is 18.9 Å². The molecule has 4 N–H and O–H groups in total. The lowest BCUT2D eigenvalue weighted by Crippen LogP contribution is -2.47. The van der Waals surface area contributed by atoms with Gasteiger partial charge < -0.3 is 25.6 Å². The zero-order chi connectivity index (χ0) is 21.6. The number of aliphatic carboxylic acids is 1. The number of anilines is 1. The molecule has 1 heterocycles. The van der Waals surface area contributed by atoms with Gasteiger partial charge in [-0.3, -0.25) is 9.59 Å². The molecule has 1 aliphatic rings. The molecule has 3 rings (SSSR count). The van der Waals surface area contributed by atoms with Crippen LogP contribution in [0, 0.1) is 0 Å². The molecule has 154 valence electrons. The monoisotopic (exact) mass is 400 g/mol. The van der Waals surface area contributed by atoms with E-state index in [4.69, 9.17) is 14.9 Å². The minimum atomic E-state index is -2.44. The van der Waals surface area contributed by atoms with E-state index >= 15 is 0 Å². The van der Waals surface area contributed by atoms with E-state index in [1.807, 2.05) is 41.3 Å². The number of aliphatic hydroxyl groups is 1. The van der Waals surface area contributed by atoms with Gasteiger partial charge in [-0.1, -0.05) is 42.5 Å². The number of carbonyl (C=O) groups excluding carboxylic acids is 2. The first-order chi connectivity index (χ1) is 13.7. The number of methoxy groups -OCH3 is 1. The van der Waals surface area contributed by atoms with Gasteiger partial charge >= 0.3 is 5.97 Å². The van der Waals surface area contributed by atoms with Gasteiger partial charge in [-0.25, -0.2) is 4.79 Å². The number of nitrogens with zero attached hydrogens (tertiary/aromatic N) is 1. The smallest absolute Gasteiger partial charge is 0.345 e. The number of nitrogens with two attached hydrogens (primary N) is 1. The fourth-order valence-corrected chi connectivity index (χ4v) is 2.80. The van der Waals surface area contributed by atoms with Gasteiger partial charge in [-0.2, -0.15) is 0 Å². The Labute approximate surface area is 168 Å². The number of primary amides is 1. The third-order valence-electron chi connectivity index (χ3n) is 4.56. The van der Waals surface area contributed by atoms with Crippen LogP contribution in [0.2, 0.25) is 0 Å². The molecular formula is C21H24N2O6. The molecule has 2 amide bonds. The van der Waals surface area contributed by atoms with Crippen molar-refractivity contribution in [3.63, 3.8) is 0 Å². The lowest BCUT2D eigenvalue weighted by Gasteiger charge is -2.22. The molecule has 0 aromatic heterocycles. The Bertz CT molecular complexity index is 894. The Morgan fingerprint density at radius 3 is 2.28 bits per heavy atom. The Balaban J connectivity index is 0.000000284. The molecule has 0 saturated heterocycles. The number of para-hydroxylation sites is 1. The summed E-state index contributed by atoms with van der Waals surface area (Å²) < 4.78 is 5.13. The van der Waals surface area contributed by atoms with Gasteiger partial charge in [0.2, 0.25) is 11.5 Å². The number of rotatable bonds is 5. The van der Waals surface area contributed by atoms with Gasteiger partial charge in [0.1, 0.15) is 0 Å². The highest BCUT2D eigenvalue weighted by Crippen LogP contribution is 2.36. The van der Waals surface area contributed by atoms with Crippen molar-refractivity contribution in [3.05, 3.63) is 54.1 Å². The van der Waals surface area contributed by atoms with Gasteiger partial charge in [0.05, 0.1) is 18.7 Å². The molecular weight excluding hydrogens is 376 g/mol. The Kier molecular flexibility index (Phi) is 7.08. The van der Waals surface area contributed by atoms with Crippen LogP contribution in [0.1, 0.15) is 12.5 Å². The van der Waals surface area contributed by atoms with Crippen molar-refractivity contribution >= 4 is 23.5 Å². The molecule has 0 aliphatic carbocycles. The predicted molar refractivity (Wildman–Crippen MR) is 107 cm³/mol. The summed E-state index contributed by atoms with van der Waals surface area (Å²) in [5, 5.41) is 16.7. The highest BCUT2D eigenvalue weighted by molar-refractivity contribution is 6.04. The minimum Gasteiger partial charge on any atom is -0.479 e. The van der Waals surface area contributed by atoms with Gasteiger partial charge in [0.15, 0.2) is 0 Å². The summed E-state index contributed by atoms with van der Waals surface area (Å²) in [7, 11) is 1.66. The minimum absolute atomic E-state index is 0.124. The van der Waals surface area contributed by atoms with E-state index in [1.165, 1.54) is 0 Å². The van der Waals surface area contributed by atoms with Crippen LogP contribution in [0.25, 0.3) is 11.1 Å². The average Bonchev–Trinajstić information content (AvgIpc) is 2.80. The van der Waals surface area contributed by atoms with Gasteiger partial charge in [-0.15, -0.1) is 0 Å². The van der Waals surface area contributed by atoms with Crippen LogP contribution in [0.4, 0.5) is 5.69 Å². The summed E-state index contributed by atoms with van der Waals surface area (Å²) in [5.41, 5.74) is 6.38. The van der Waals surface area contributed by atoms with Gasteiger partial charge in [-0.05, 0) is 24.1 Å². The second-order valence-corrected chi connectivity index (χ2v) is 6.63. The first kappa shape index (κ1) is 22.1. The number of carboxylic acid groups (broad SMARTS) is 1. The maximum absolute atomic E-state index is 12.5. The molecule has 0 radical (unpaired) electrons. The van der Waals surface area contributed by atoms with E-state index in [1.54, 1.807) is 7.11 Å². The second-order valence-electron chi connectivity index (χ2n) is 6.63. The Hall–Kier alpha value is -3.23. The Morgan fingerprint density at radius 2 is 1.72 bits per heavy atom. The summed E-state index contributed by atoms with van der Waals surface area (Å²) in [6, 6.07) is 16.2. The quantitative estimate of drug-likeness (QED) is 0.647. The SMILES string of the molecule is CC(O)(C(N)=O)C(=O)O.COCCN1C(=O)Cc2ccccc2-c2ccccc21. The summed E-state index contributed by atoms with van der Waals surface area (Å²) in [5.74, 6) is -2.79. The maximum Gasteiger partial charge on any atom is 0.345 e. The highest BCUT2D eigenvalue weighted by atomic mass is 16.5. The predicted octanol–water partition coefficient (Wildman–Crippen LogP) is 1.20. The molecule has 8 heteroatoms. The molecule has 29 heavy (non-hydrogen) atoms. The third-order valence-corrected chi connectivity index (χ3v) is 4.56. The van der Waals surface area contributed by atoms with Crippen LogP contribution in [0.5, 0.6) is 0 Å². The number of carboxylic acids is 1. The molecule has 0 bridgehead atoms. The summed E-state index contributed by atoms with van der Waals surface area (Å²) >= 11 is 0. The van der Waals surface area contributed by atoms with Crippen LogP contribution in [-0.2, 0) is 25.5 Å². The standard InChI is InChI=1S/C17H17NO2.C4H7NO4/c1-20-11-10-18-16-9-5-4-8-15(16)14-7-3-2-6-13(14)12-17(18)19;1-4(9,2(5)6)3(7)8/h2-9H,10-12H2,1H3;9H,1H3,(H2,5,6)(H,7,8). The van der Waals surface area contributed by atoms with E-state index in [-0.39, 0.29) is 5.91 Å². The van der Waals surface area contributed by atoms with Crippen molar-refractivity contribution in [3.8, 4) is 11.1 Å². The largest absolute Gasteiger partial charge is 0.479 e. The number of benzene rings is 2. The molecule has 2 aromatic carbocycles. The normalized spacial score (nSPS) is 14.4. The van der Waals surface area contributed by atoms with E-state index in [2.05, 4.69) is 17.9 Å². The summed E-state index contributed by atoms with van der Waals surface area (Å²) in [6.07, 6.45) is 0.439. The summed E-state index contributed by atoms with van der Waals surface area (Å²) in [6.45, 7) is 1.94. The van der Waals surface area contributed by atoms with Gasteiger partial charge in [0.25, 0.3) is 5.91 Å². The number of carbonyl (C=O) groups is 3. The maximum atomic E-state index is 12.5. The van der Waals surface area contributed by atoms with Crippen LogP contribution < -0.4 is 10.6 Å². The molecule has 0 spiro atoms. The van der Waals surface area contributed by atoms with Crippen LogP contribution in [0.15, 0.2) is 48.5 Å². The summed E-state index contributed by atoms with van der Waals surface area (Å²) in [4.78, 5) is 34.3. The lowest BCUT2D eigenvalue weighted by molar-refractivity contribution is -0.162. The topological polar surface area (TPSA) is 130 Å². The van der Waals surface area contributed by atoms with E-state index in [9.17, 15) is 14.4 Å². The molecule has 1 atom stereocenters. The fourth-order valence-electron chi connectivity index (χ4n) is 2.80. The van der Waals surface area contributed by atoms with Crippen molar-refractivity contribution in [2.75, 3.05) is 25.2 Å². The number of ether oxygens (including phenoxy) is 1. The third kappa shape index (κ3) is 4.98. The van der Waals surface area contributed by atoms with Crippen LogP contribution in [-0.4, -0.2) is 53.9 Å². The van der Waals surface area contributed by atoms with Crippen molar-refractivity contribution < 1.29 is 29.3 Å². The first-order valence-corrected chi connectivity index (χ1v) is 8.92. The van der Waals surface area contributed by atoms with Crippen LogP contribution >= 0.6 is 0 Å². The molecule has 2 aromatic rings. The molecule has 0 saturated carbocycles. The number of fused-ring (bicyclic) bond motifs is 3.